The lowest BCUT2D eigenvalue weighted by molar-refractivity contribution is -0.140. The highest BCUT2D eigenvalue weighted by Crippen LogP contribution is 2.53. The first-order chi connectivity index (χ1) is 17.8. The molecule has 4 rings (SSSR count). The van der Waals surface area contributed by atoms with Gasteiger partial charge >= 0.3 is 0 Å². The molecule has 0 radical (unpaired) electrons. The van der Waals surface area contributed by atoms with E-state index in [-0.39, 0.29) is 37.2 Å². The number of piperidine rings is 1. The average molecular weight is 556 g/mol. The molecule has 0 aromatic carbocycles. The fourth-order valence-corrected chi connectivity index (χ4v) is 8.22. The summed E-state index contributed by atoms with van der Waals surface area (Å²) in [6.45, 7) is 10.2. The molecule has 0 bridgehead atoms. The topological polar surface area (TPSA) is 101 Å². The van der Waals surface area contributed by atoms with Crippen molar-refractivity contribution in [3.8, 4) is 0 Å². The van der Waals surface area contributed by atoms with Gasteiger partial charge in [-0.2, -0.15) is 4.31 Å². The first-order valence-electron chi connectivity index (χ1n) is 13.6. The molecule has 0 aromatic rings. The summed E-state index contributed by atoms with van der Waals surface area (Å²) in [4.78, 5) is 17.1. The van der Waals surface area contributed by atoms with E-state index >= 15 is 0 Å². The van der Waals surface area contributed by atoms with Crippen molar-refractivity contribution in [1.29, 1.82) is 0 Å². The highest BCUT2D eigenvalue weighted by molar-refractivity contribution is 7.93. The van der Waals surface area contributed by atoms with E-state index in [0.717, 1.165) is 38.9 Å². The summed E-state index contributed by atoms with van der Waals surface area (Å²) < 4.78 is 52.7. The fourth-order valence-electron chi connectivity index (χ4n) is 5.85. The number of carbonyl (C=O) groups is 1. The zero-order chi connectivity index (χ0) is 27.9. The maximum absolute atomic E-state index is 14.1. The van der Waals surface area contributed by atoms with Crippen molar-refractivity contribution in [3.05, 3.63) is 22.3 Å². The molecule has 10 nitrogen and oxygen atoms in total. The van der Waals surface area contributed by atoms with Gasteiger partial charge in [0.25, 0.3) is 0 Å². The van der Waals surface area contributed by atoms with Crippen LogP contribution in [0.3, 0.4) is 0 Å². The zero-order valence-electron chi connectivity index (χ0n) is 24.0. The number of allylic oxidation sites excluding steroid dienone is 2. The highest BCUT2D eigenvalue weighted by atomic mass is 32.2. The molecule has 3 heterocycles. The molecule has 0 aromatic heterocycles. The Morgan fingerprint density at radius 2 is 1.89 bits per heavy atom. The monoisotopic (exact) mass is 555 g/mol. The largest absolute Gasteiger partial charge is 0.498 e. The second-order valence-corrected chi connectivity index (χ2v) is 13.9. The van der Waals surface area contributed by atoms with Gasteiger partial charge in [0.1, 0.15) is 24.1 Å². The van der Waals surface area contributed by atoms with Crippen molar-refractivity contribution in [2.24, 2.45) is 5.92 Å². The molecule has 216 valence electrons. The molecule has 1 amide bonds. The summed E-state index contributed by atoms with van der Waals surface area (Å²) in [5.74, 6) is 1.23. The molecule has 0 N–H and O–H groups in total. The van der Waals surface area contributed by atoms with Gasteiger partial charge in [-0.3, -0.25) is 4.79 Å². The minimum Gasteiger partial charge on any atom is -0.498 e. The predicted molar refractivity (Wildman–Crippen MR) is 144 cm³/mol. The van der Waals surface area contributed by atoms with Gasteiger partial charge in [-0.15, -0.1) is 0 Å². The maximum atomic E-state index is 14.1. The van der Waals surface area contributed by atoms with E-state index in [0.29, 0.717) is 17.3 Å². The predicted octanol–water partition coefficient (Wildman–Crippen LogP) is 1.98. The van der Waals surface area contributed by atoms with Crippen LogP contribution < -0.4 is 0 Å². The number of epoxide rings is 1. The Labute approximate surface area is 227 Å². The molecular formula is C27H45N3O7S. The number of nitrogens with zero attached hydrogens (tertiary/aromatic N) is 3. The molecule has 4 aliphatic rings. The van der Waals surface area contributed by atoms with Crippen LogP contribution in [-0.4, -0.2) is 119 Å². The smallest absolute Gasteiger partial charge is 0.248 e. The minimum absolute atomic E-state index is 0.0488. The van der Waals surface area contributed by atoms with E-state index < -0.39 is 33.4 Å². The van der Waals surface area contributed by atoms with Crippen molar-refractivity contribution in [2.45, 2.75) is 70.3 Å². The van der Waals surface area contributed by atoms with Crippen molar-refractivity contribution in [1.82, 2.24) is 14.1 Å². The van der Waals surface area contributed by atoms with Crippen molar-refractivity contribution >= 4 is 15.9 Å². The van der Waals surface area contributed by atoms with Gasteiger partial charge < -0.3 is 28.7 Å². The Morgan fingerprint density at radius 1 is 1.21 bits per heavy atom. The summed E-state index contributed by atoms with van der Waals surface area (Å²) in [5.41, 5.74) is -1.00. The summed E-state index contributed by atoms with van der Waals surface area (Å²) in [6.07, 6.45) is 4.50. The lowest BCUT2D eigenvalue weighted by Gasteiger charge is -2.43. The molecular weight excluding hydrogens is 510 g/mol. The van der Waals surface area contributed by atoms with Gasteiger partial charge in [-0.25, -0.2) is 8.42 Å². The molecule has 1 aliphatic carbocycles. The molecule has 2 unspecified atom stereocenters. The Hall–Kier alpha value is -1.50. The average Bonchev–Trinajstić information content (AvgIpc) is 3.54. The van der Waals surface area contributed by atoms with Gasteiger partial charge in [-0.1, -0.05) is 0 Å². The molecule has 3 aliphatic heterocycles. The normalized spacial score (nSPS) is 30.3. The summed E-state index contributed by atoms with van der Waals surface area (Å²) in [6, 6.07) is -0.550. The van der Waals surface area contributed by atoms with Gasteiger partial charge in [0.2, 0.25) is 15.9 Å². The number of ether oxygens (including phenoxy) is 4. The van der Waals surface area contributed by atoms with Crippen LogP contribution in [0, 0.1) is 5.92 Å². The lowest BCUT2D eigenvalue weighted by atomic mass is 9.93. The maximum Gasteiger partial charge on any atom is 0.248 e. The lowest BCUT2D eigenvalue weighted by Crippen LogP contribution is -2.58. The number of likely N-dealkylation sites (tertiary alicyclic amines) is 1. The second-order valence-electron chi connectivity index (χ2n) is 12.1. The Morgan fingerprint density at radius 3 is 2.53 bits per heavy atom. The fraction of sp³-hybridized carbons (Fsp3) is 0.815. The van der Waals surface area contributed by atoms with Crippen molar-refractivity contribution in [2.75, 3.05) is 67.2 Å². The van der Waals surface area contributed by atoms with Crippen LogP contribution >= 0.6 is 0 Å². The Balaban J connectivity index is 1.39. The first-order valence-corrected chi connectivity index (χ1v) is 15.0. The minimum atomic E-state index is -3.91. The standard InChI is InChI=1S/C27H45N3O7S/c1-19-14-22(34-7)24-27(4,37-24)25(19)38(32,33)30-18-26(2,3)36-16-21(30)15-35-17-23(31)29-12-9-20(10-13-29)8-11-28(5)6/h14,20-21,24H,8-13,15-18H2,1-7H3/t21-,24?,27?/m1/s1. The van der Waals surface area contributed by atoms with Crippen LogP contribution in [0.1, 0.15) is 47.0 Å². The van der Waals surface area contributed by atoms with E-state index in [1.807, 2.05) is 18.7 Å². The van der Waals surface area contributed by atoms with E-state index in [1.54, 1.807) is 27.0 Å². The highest BCUT2D eigenvalue weighted by Gasteiger charge is 2.65. The van der Waals surface area contributed by atoms with Crippen LogP contribution in [0.25, 0.3) is 0 Å². The summed E-state index contributed by atoms with van der Waals surface area (Å²) in [5, 5.41) is 0. The third-order valence-corrected chi connectivity index (χ3v) is 10.4. The number of fused-ring (bicyclic) bond motifs is 1. The number of carbonyl (C=O) groups excluding carboxylic acids is 1. The number of sulfonamides is 1. The summed E-state index contributed by atoms with van der Waals surface area (Å²) in [7, 11) is 1.82. The van der Waals surface area contributed by atoms with Crippen molar-refractivity contribution < 1.29 is 32.2 Å². The van der Waals surface area contributed by atoms with Crippen LogP contribution in [0.2, 0.25) is 0 Å². The van der Waals surface area contributed by atoms with E-state index in [4.69, 9.17) is 18.9 Å². The number of hydrogen-bond acceptors (Lipinski definition) is 8. The number of methoxy groups -OCH3 is 1. The van der Waals surface area contributed by atoms with E-state index in [9.17, 15) is 13.2 Å². The molecule has 3 atom stereocenters. The number of hydrogen-bond donors (Lipinski definition) is 0. The van der Waals surface area contributed by atoms with Crippen LogP contribution in [0.4, 0.5) is 0 Å². The Kier molecular flexibility index (Phi) is 8.67. The molecule has 38 heavy (non-hydrogen) atoms. The SMILES string of the molecule is COC1=CC(C)=C(S(=O)(=O)N2CC(C)(C)OC[C@H]2COCC(=O)N2CCC(CCN(C)C)CC2)C2(C)OC12. The third kappa shape index (κ3) is 6.13. The molecule has 3 saturated heterocycles. The quantitative estimate of drug-likeness (QED) is 0.377. The third-order valence-electron chi connectivity index (χ3n) is 8.13. The van der Waals surface area contributed by atoms with Gasteiger partial charge in [0.05, 0.1) is 36.9 Å². The molecule has 0 saturated carbocycles. The molecule has 11 heteroatoms. The van der Waals surface area contributed by atoms with E-state index in [1.165, 1.54) is 4.31 Å². The van der Waals surface area contributed by atoms with Crippen LogP contribution in [0.5, 0.6) is 0 Å². The number of amides is 1. The molecule has 0 spiro atoms. The second kappa shape index (κ2) is 11.2. The van der Waals surface area contributed by atoms with E-state index in [2.05, 4.69) is 19.0 Å². The molecule has 3 fully saturated rings. The first kappa shape index (κ1) is 29.5. The summed E-state index contributed by atoms with van der Waals surface area (Å²) >= 11 is 0. The zero-order valence-corrected chi connectivity index (χ0v) is 24.8. The van der Waals surface area contributed by atoms with Crippen LogP contribution in [-0.2, 0) is 33.8 Å². The number of rotatable bonds is 10. The van der Waals surface area contributed by atoms with Crippen molar-refractivity contribution in [3.63, 3.8) is 0 Å². The van der Waals surface area contributed by atoms with Gasteiger partial charge in [-0.05, 0) is 85.2 Å². The van der Waals surface area contributed by atoms with Crippen LogP contribution in [0.15, 0.2) is 22.3 Å². The van der Waals surface area contributed by atoms with Gasteiger partial charge in [0, 0.05) is 19.6 Å². The van der Waals surface area contributed by atoms with Gasteiger partial charge in [0.15, 0.2) is 0 Å². The Bertz CT molecular complexity index is 1060. The number of morpholine rings is 1.